The summed E-state index contributed by atoms with van der Waals surface area (Å²) >= 11 is 0. The van der Waals surface area contributed by atoms with Gasteiger partial charge in [-0.05, 0) is 36.8 Å². The van der Waals surface area contributed by atoms with Crippen molar-refractivity contribution in [1.29, 1.82) is 0 Å². The monoisotopic (exact) mass is 262 g/mol. The molecule has 3 N–H and O–H groups in total. The van der Waals surface area contributed by atoms with Crippen molar-refractivity contribution >= 4 is 5.69 Å². The summed E-state index contributed by atoms with van der Waals surface area (Å²) < 4.78 is 0. The average Bonchev–Trinajstić information content (AvgIpc) is 2.46. The van der Waals surface area contributed by atoms with Gasteiger partial charge in [0, 0.05) is 18.8 Å². The Hall–Kier alpha value is -1.06. The van der Waals surface area contributed by atoms with E-state index in [2.05, 4.69) is 36.9 Å². The Morgan fingerprint density at radius 1 is 1.26 bits per heavy atom. The fourth-order valence-corrected chi connectivity index (χ4v) is 3.10. The number of hydrogen-bond donors (Lipinski definition) is 2. The maximum atomic E-state index is 9.52. The molecule has 1 aromatic rings. The Labute approximate surface area is 116 Å². The van der Waals surface area contributed by atoms with Crippen LogP contribution in [0.2, 0.25) is 0 Å². The molecule has 1 fully saturated rings. The zero-order chi connectivity index (χ0) is 13.9. The van der Waals surface area contributed by atoms with E-state index in [4.69, 9.17) is 5.73 Å². The average molecular weight is 262 g/mol. The fraction of sp³-hybridized carbons (Fsp3) is 0.625. The molecule has 1 saturated heterocycles. The Balaban J connectivity index is 2.35. The lowest BCUT2D eigenvalue weighted by atomic mass is 9.89. The number of para-hydroxylation sites is 1. The summed E-state index contributed by atoms with van der Waals surface area (Å²) in [7, 11) is 0. The Morgan fingerprint density at radius 2 is 1.89 bits per heavy atom. The van der Waals surface area contributed by atoms with Crippen molar-refractivity contribution in [2.75, 3.05) is 24.6 Å². The van der Waals surface area contributed by atoms with E-state index < -0.39 is 5.54 Å². The smallest absolute Gasteiger partial charge is 0.0628 e. The Morgan fingerprint density at radius 3 is 2.42 bits per heavy atom. The largest absolute Gasteiger partial charge is 0.394 e. The van der Waals surface area contributed by atoms with Crippen LogP contribution < -0.4 is 10.6 Å². The molecule has 1 heterocycles. The number of anilines is 1. The van der Waals surface area contributed by atoms with Crippen LogP contribution in [0, 0.1) is 0 Å². The van der Waals surface area contributed by atoms with Crippen molar-refractivity contribution in [2.45, 2.75) is 45.1 Å². The van der Waals surface area contributed by atoms with Crippen LogP contribution in [0.1, 0.15) is 37.8 Å². The highest BCUT2D eigenvalue weighted by Gasteiger charge is 2.32. The van der Waals surface area contributed by atoms with Gasteiger partial charge in [-0.1, -0.05) is 32.0 Å². The third-order valence-corrected chi connectivity index (χ3v) is 4.20. The number of nitrogens with zero attached hydrogens (tertiary/aromatic N) is 1. The molecule has 19 heavy (non-hydrogen) atoms. The zero-order valence-corrected chi connectivity index (χ0v) is 12.2. The minimum absolute atomic E-state index is 0.0687. The number of aliphatic hydroxyl groups excluding tert-OH is 1. The molecule has 0 bridgehead atoms. The summed E-state index contributed by atoms with van der Waals surface area (Å²) in [5.74, 6) is 0. The van der Waals surface area contributed by atoms with Crippen LogP contribution in [0.5, 0.6) is 0 Å². The van der Waals surface area contributed by atoms with E-state index >= 15 is 0 Å². The number of rotatable bonds is 4. The molecule has 0 radical (unpaired) electrons. The van der Waals surface area contributed by atoms with Gasteiger partial charge in [-0.3, -0.25) is 0 Å². The number of benzene rings is 1. The number of hydrogen-bond acceptors (Lipinski definition) is 3. The van der Waals surface area contributed by atoms with Crippen molar-refractivity contribution < 1.29 is 5.11 Å². The molecule has 106 valence electrons. The van der Waals surface area contributed by atoms with Crippen LogP contribution in [0.15, 0.2) is 18.2 Å². The molecule has 0 saturated carbocycles. The minimum Gasteiger partial charge on any atom is -0.394 e. The van der Waals surface area contributed by atoms with Crippen LogP contribution >= 0.6 is 0 Å². The van der Waals surface area contributed by atoms with Gasteiger partial charge in [0.2, 0.25) is 0 Å². The summed E-state index contributed by atoms with van der Waals surface area (Å²) in [6.45, 7) is 6.27. The Kier molecular flexibility index (Phi) is 4.48. The highest BCUT2D eigenvalue weighted by molar-refractivity contribution is 5.60. The Bertz CT molecular complexity index is 411. The second-order valence-corrected chi connectivity index (χ2v) is 5.68. The van der Waals surface area contributed by atoms with E-state index in [1.54, 1.807) is 0 Å². The number of aliphatic hydroxyl groups is 1. The molecule has 1 aromatic carbocycles. The summed E-state index contributed by atoms with van der Waals surface area (Å²) in [5, 5.41) is 9.52. The summed E-state index contributed by atoms with van der Waals surface area (Å²) in [6, 6.07) is 6.56. The molecule has 0 spiro atoms. The second kappa shape index (κ2) is 5.93. The van der Waals surface area contributed by atoms with E-state index in [0.29, 0.717) is 0 Å². The van der Waals surface area contributed by atoms with Crippen LogP contribution in [0.3, 0.4) is 0 Å². The molecule has 2 rings (SSSR count). The molecule has 1 unspecified atom stereocenters. The summed E-state index contributed by atoms with van der Waals surface area (Å²) in [4.78, 5) is 2.39. The van der Waals surface area contributed by atoms with Gasteiger partial charge in [0.1, 0.15) is 0 Å². The van der Waals surface area contributed by atoms with Gasteiger partial charge in [-0.25, -0.2) is 0 Å². The maximum Gasteiger partial charge on any atom is 0.0628 e. The first-order valence-corrected chi connectivity index (χ1v) is 7.39. The second-order valence-electron chi connectivity index (χ2n) is 5.68. The lowest BCUT2D eigenvalue weighted by Crippen LogP contribution is -2.57. The van der Waals surface area contributed by atoms with Gasteiger partial charge in [-0.2, -0.15) is 0 Å². The maximum absolute atomic E-state index is 9.52. The van der Waals surface area contributed by atoms with Gasteiger partial charge in [0.15, 0.2) is 0 Å². The molecule has 0 amide bonds. The van der Waals surface area contributed by atoms with Gasteiger partial charge in [0.25, 0.3) is 0 Å². The van der Waals surface area contributed by atoms with Gasteiger partial charge < -0.3 is 15.7 Å². The standard InChI is InChI=1S/C16H26N2O/c1-3-13-7-5-8-14(4-2)15(13)18-10-6-9-16(17,11-18)12-19/h5,7-8,19H,3-4,6,9-12,17H2,1-2H3. The first-order valence-electron chi connectivity index (χ1n) is 7.39. The lowest BCUT2D eigenvalue weighted by molar-refractivity contribution is 0.176. The lowest BCUT2D eigenvalue weighted by Gasteiger charge is -2.41. The topological polar surface area (TPSA) is 49.5 Å². The summed E-state index contributed by atoms with van der Waals surface area (Å²) in [5.41, 5.74) is 9.97. The van der Waals surface area contributed by atoms with Gasteiger partial charge in [-0.15, -0.1) is 0 Å². The normalized spacial score (nSPS) is 23.7. The first kappa shape index (κ1) is 14.4. The molecule has 1 aliphatic heterocycles. The third kappa shape index (κ3) is 2.93. The van der Waals surface area contributed by atoms with Gasteiger partial charge >= 0.3 is 0 Å². The van der Waals surface area contributed by atoms with Crippen molar-refractivity contribution in [3.8, 4) is 0 Å². The number of nitrogens with two attached hydrogens (primary N) is 1. The van der Waals surface area contributed by atoms with E-state index in [0.717, 1.165) is 38.8 Å². The quantitative estimate of drug-likeness (QED) is 0.873. The van der Waals surface area contributed by atoms with E-state index in [1.807, 2.05) is 0 Å². The van der Waals surface area contributed by atoms with E-state index in [1.165, 1.54) is 16.8 Å². The number of piperidine rings is 1. The predicted octanol–water partition coefficient (Wildman–Crippen LogP) is 2.10. The molecule has 1 atom stereocenters. The van der Waals surface area contributed by atoms with Crippen molar-refractivity contribution in [3.63, 3.8) is 0 Å². The van der Waals surface area contributed by atoms with E-state index in [9.17, 15) is 5.11 Å². The highest BCUT2D eigenvalue weighted by Crippen LogP contribution is 2.31. The first-order chi connectivity index (χ1) is 9.13. The molecule has 3 heteroatoms. The fourth-order valence-electron chi connectivity index (χ4n) is 3.10. The molecule has 1 aliphatic rings. The minimum atomic E-state index is -0.440. The van der Waals surface area contributed by atoms with Crippen LogP contribution in [0.25, 0.3) is 0 Å². The predicted molar refractivity (Wildman–Crippen MR) is 80.6 cm³/mol. The zero-order valence-electron chi connectivity index (χ0n) is 12.2. The third-order valence-electron chi connectivity index (χ3n) is 4.20. The molecule has 3 nitrogen and oxygen atoms in total. The summed E-state index contributed by atoms with van der Waals surface area (Å²) in [6.07, 6.45) is 4.04. The van der Waals surface area contributed by atoms with Gasteiger partial charge in [0.05, 0.1) is 12.1 Å². The van der Waals surface area contributed by atoms with Crippen LogP contribution in [-0.4, -0.2) is 30.3 Å². The van der Waals surface area contributed by atoms with Crippen LogP contribution in [0.4, 0.5) is 5.69 Å². The molecule has 0 aromatic heterocycles. The van der Waals surface area contributed by atoms with E-state index in [-0.39, 0.29) is 6.61 Å². The molecular weight excluding hydrogens is 236 g/mol. The van der Waals surface area contributed by atoms with Crippen molar-refractivity contribution in [1.82, 2.24) is 0 Å². The SMILES string of the molecule is CCc1cccc(CC)c1N1CCCC(N)(CO)C1. The van der Waals surface area contributed by atoms with Crippen molar-refractivity contribution in [3.05, 3.63) is 29.3 Å². The molecule has 0 aliphatic carbocycles. The molecular formula is C16H26N2O. The van der Waals surface area contributed by atoms with Crippen LogP contribution in [-0.2, 0) is 12.8 Å². The highest BCUT2D eigenvalue weighted by atomic mass is 16.3. The van der Waals surface area contributed by atoms with Crippen molar-refractivity contribution in [2.24, 2.45) is 5.73 Å². The number of aryl methyl sites for hydroxylation is 2.